The van der Waals surface area contributed by atoms with E-state index in [4.69, 9.17) is 14.8 Å². The minimum atomic E-state index is -4.32. The molecule has 0 unspecified atom stereocenters. The molecule has 0 radical (unpaired) electrons. The Morgan fingerprint density at radius 3 is 1.74 bits per heavy atom. The highest BCUT2D eigenvalue weighted by Crippen LogP contribution is 2.24. The van der Waals surface area contributed by atoms with Gasteiger partial charge in [-0.25, -0.2) is 0 Å². The number of benzene rings is 1. The monoisotopic (exact) mass is 288 g/mol. The fourth-order valence-corrected chi connectivity index (χ4v) is 2.12. The molecule has 0 atom stereocenters. The van der Waals surface area contributed by atoms with E-state index in [-0.39, 0.29) is 17.7 Å². The Morgan fingerprint density at radius 2 is 1.42 bits per heavy atom. The summed E-state index contributed by atoms with van der Waals surface area (Å²) in [4.78, 5) is 21.0. The molecule has 8 heteroatoms. The Morgan fingerprint density at radius 1 is 1.00 bits per heavy atom. The van der Waals surface area contributed by atoms with E-state index >= 15 is 0 Å². The quantitative estimate of drug-likeness (QED) is 0.665. The number of carbonyl (C=O) groups is 2. The van der Waals surface area contributed by atoms with Crippen molar-refractivity contribution in [1.29, 1.82) is 0 Å². The smallest absolute Gasteiger partial charge is 0.303 e. The molecule has 0 heterocycles. The van der Waals surface area contributed by atoms with Gasteiger partial charge in [-0.15, -0.1) is 0 Å². The molecule has 0 amide bonds. The summed E-state index contributed by atoms with van der Waals surface area (Å²) in [7, 11) is -4.32. The molecule has 0 aliphatic rings. The highest BCUT2D eigenvalue weighted by Gasteiger charge is 2.19. The number of aliphatic carboxylic acids is 2. The van der Waals surface area contributed by atoms with Gasteiger partial charge in [0.1, 0.15) is 0 Å². The lowest BCUT2D eigenvalue weighted by molar-refractivity contribution is -0.139. The Bertz CT molecular complexity index is 558. The van der Waals surface area contributed by atoms with E-state index in [0.717, 1.165) is 12.1 Å². The summed E-state index contributed by atoms with van der Waals surface area (Å²) >= 11 is 0. The first-order valence-corrected chi connectivity index (χ1v) is 6.65. The minimum Gasteiger partial charge on any atom is -0.481 e. The molecule has 1 aromatic carbocycles. The molecule has 3 N–H and O–H groups in total. The van der Waals surface area contributed by atoms with Crippen LogP contribution in [0.15, 0.2) is 29.2 Å². The van der Waals surface area contributed by atoms with Crippen molar-refractivity contribution in [3.05, 3.63) is 29.8 Å². The highest BCUT2D eigenvalue weighted by atomic mass is 32.2. The molecule has 104 valence electrons. The molecule has 0 fully saturated rings. The second-order valence-corrected chi connectivity index (χ2v) is 5.36. The van der Waals surface area contributed by atoms with Gasteiger partial charge in [0.15, 0.2) is 0 Å². The second-order valence-electron chi connectivity index (χ2n) is 3.94. The van der Waals surface area contributed by atoms with Crippen molar-refractivity contribution in [2.75, 3.05) is 0 Å². The summed E-state index contributed by atoms with van der Waals surface area (Å²) in [5, 5.41) is 17.4. The lowest BCUT2D eigenvalue weighted by Gasteiger charge is -2.13. The van der Waals surface area contributed by atoms with Crippen molar-refractivity contribution in [3.8, 4) is 0 Å². The molecule has 19 heavy (non-hydrogen) atoms. The van der Waals surface area contributed by atoms with Crippen LogP contribution in [0.2, 0.25) is 0 Å². The standard InChI is InChI=1S/C11H12O7S/c12-10(13)5-8(6-11(14)15)7-1-3-9(4-2-7)19(16,17)18/h1-4,8H,5-6H2,(H,12,13)(H,14,15)(H,16,17,18). The van der Waals surface area contributed by atoms with Crippen molar-refractivity contribution in [2.24, 2.45) is 0 Å². The first-order valence-electron chi connectivity index (χ1n) is 5.21. The van der Waals surface area contributed by atoms with E-state index in [0.29, 0.717) is 5.56 Å². The fourth-order valence-electron chi connectivity index (χ4n) is 1.64. The van der Waals surface area contributed by atoms with Crippen LogP contribution in [0.3, 0.4) is 0 Å². The first kappa shape index (κ1) is 15.1. The molecule has 0 aliphatic carbocycles. The van der Waals surface area contributed by atoms with Crippen molar-refractivity contribution in [3.63, 3.8) is 0 Å². The van der Waals surface area contributed by atoms with Crippen LogP contribution in [0.5, 0.6) is 0 Å². The molecule has 0 spiro atoms. The largest absolute Gasteiger partial charge is 0.481 e. The first-order chi connectivity index (χ1) is 8.70. The van der Waals surface area contributed by atoms with Crippen LogP contribution in [0.4, 0.5) is 0 Å². The summed E-state index contributed by atoms with van der Waals surface area (Å²) in [6, 6.07) is 4.78. The SMILES string of the molecule is O=C(O)CC(CC(=O)O)c1ccc(S(=O)(=O)O)cc1. The third-order valence-corrected chi connectivity index (χ3v) is 3.36. The summed E-state index contributed by atoms with van der Waals surface area (Å²) in [6.45, 7) is 0. The molecule has 0 aromatic heterocycles. The highest BCUT2D eigenvalue weighted by molar-refractivity contribution is 7.85. The average molecular weight is 288 g/mol. The van der Waals surface area contributed by atoms with Gasteiger partial charge in [0, 0.05) is 5.92 Å². The van der Waals surface area contributed by atoms with E-state index in [1.807, 2.05) is 0 Å². The van der Waals surface area contributed by atoms with Crippen LogP contribution in [-0.2, 0) is 19.7 Å². The van der Waals surface area contributed by atoms with Crippen LogP contribution in [0, 0.1) is 0 Å². The topological polar surface area (TPSA) is 129 Å². The van der Waals surface area contributed by atoms with Crippen molar-refractivity contribution >= 4 is 22.1 Å². The third-order valence-electron chi connectivity index (χ3n) is 2.49. The predicted molar refractivity (Wildman–Crippen MR) is 63.5 cm³/mol. The molecule has 7 nitrogen and oxygen atoms in total. The van der Waals surface area contributed by atoms with Crippen molar-refractivity contribution < 1.29 is 32.8 Å². The van der Waals surface area contributed by atoms with Crippen LogP contribution in [0.1, 0.15) is 24.3 Å². The molecular formula is C11H12O7S. The molecule has 0 bridgehead atoms. The average Bonchev–Trinajstić information content (AvgIpc) is 2.26. The Kier molecular flexibility index (Phi) is 4.62. The van der Waals surface area contributed by atoms with Crippen LogP contribution < -0.4 is 0 Å². The summed E-state index contributed by atoms with van der Waals surface area (Å²) in [5.74, 6) is -3.05. The molecule has 1 rings (SSSR count). The van der Waals surface area contributed by atoms with Crippen molar-refractivity contribution in [2.45, 2.75) is 23.7 Å². The normalized spacial score (nSPS) is 11.5. The number of carboxylic acid groups (broad SMARTS) is 2. The van der Waals surface area contributed by atoms with E-state index < -0.39 is 28.0 Å². The number of hydrogen-bond acceptors (Lipinski definition) is 4. The molecule has 0 aliphatic heterocycles. The minimum absolute atomic E-state index is 0.333. The number of rotatable bonds is 6. The zero-order valence-electron chi connectivity index (χ0n) is 9.68. The Balaban J connectivity index is 3.03. The van der Waals surface area contributed by atoms with Crippen molar-refractivity contribution in [1.82, 2.24) is 0 Å². The van der Waals surface area contributed by atoms with Gasteiger partial charge in [0.2, 0.25) is 0 Å². The van der Waals surface area contributed by atoms with Crippen LogP contribution >= 0.6 is 0 Å². The Hall–Kier alpha value is -1.93. The van der Waals surface area contributed by atoms with Gasteiger partial charge in [-0.2, -0.15) is 8.42 Å². The zero-order valence-corrected chi connectivity index (χ0v) is 10.5. The maximum Gasteiger partial charge on any atom is 0.303 e. The molecule has 0 saturated heterocycles. The fraction of sp³-hybridized carbons (Fsp3) is 0.273. The van der Waals surface area contributed by atoms with Gasteiger partial charge in [-0.1, -0.05) is 12.1 Å². The van der Waals surface area contributed by atoms with Gasteiger partial charge in [0.05, 0.1) is 17.7 Å². The number of hydrogen-bond donors (Lipinski definition) is 3. The zero-order chi connectivity index (χ0) is 14.6. The molecule has 0 saturated carbocycles. The van der Waals surface area contributed by atoms with Gasteiger partial charge in [-0.05, 0) is 17.7 Å². The Labute approximate surface area is 109 Å². The van der Waals surface area contributed by atoms with Gasteiger partial charge in [-0.3, -0.25) is 14.1 Å². The maximum absolute atomic E-state index is 10.8. The van der Waals surface area contributed by atoms with E-state index in [9.17, 15) is 18.0 Å². The molecular weight excluding hydrogens is 276 g/mol. The lowest BCUT2D eigenvalue weighted by Crippen LogP contribution is -2.11. The number of carboxylic acids is 2. The molecule has 1 aromatic rings. The maximum atomic E-state index is 10.8. The third kappa shape index (κ3) is 4.68. The van der Waals surface area contributed by atoms with Gasteiger partial charge in [0.25, 0.3) is 10.1 Å². The van der Waals surface area contributed by atoms with Crippen LogP contribution in [-0.4, -0.2) is 35.1 Å². The van der Waals surface area contributed by atoms with Crippen LogP contribution in [0.25, 0.3) is 0 Å². The van der Waals surface area contributed by atoms with Gasteiger partial charge < -0.3 is 10.2 Å². The van der Waals surface area contributed by atoms with Gasteiger partial charge >= 0.3 is 11.9 Å². The van der Waals surface area contributed by atoms with E-state index in [1.165, 1.54) is 12.1 Å². The summed E-state index contributed by atoms with van der Waals surface area (Å²) < 4.78 is 30.5. The summed E-state index contributed by atoms with van der Waals surface area (Å²) in [5.41, 5.74) is 0.386. The van der Waals surface area contributed by atoms with E-state index in [2.05, 4.69) is 0 Å². The predicted octanol–water partition coefficient (Wildman–Crippen LogP) is 0.966. The van der Waals surface area contributed by atoms with E-state index in [1.54, 1.807) is 0 Å². The second kappa shape index (κ2) is 5.81. The summed E-state index contributed by atoms with van der Waals surface area (Å²) in [6.07, 6.45) is -0.755. The lowest BCUT2D eigenvalue weighted by atomic mass is 9.93.